The van der Waals surface area contributed by atoms with Crippen molar-refractivity contribution in [2.75, 3.05) is 17.3 Å². The highest BCUT2D eigenvalue weighted by Gasteiger charge is 2.35. The molecule has 0 spiro atoms. The molecule has 1 aromatic carbocycles. The maximum atomic E-state index is 12.6. The molecule has 176 valence electrons. The summed E-state index contributed by atoms with van der Waals surface area (Å²) in [5.74, 6) is -1.65. The summed E-state index contributed by atoms with van der Waals surface area (Å²) in [5, 5.41) is 5.85. The summed E-state index contributed by atoms with van der Waals surface area (Å²) in [4.78, 5) is 45.1. The van der Waals surface area contributed by atoms with Gasteiger partial charge in [-0.25, -0.2) is 14.6 Å². The number of anilines is 2. The second-order valence-electron chi connectivity index (χ2n) is 7.38. The number of carbonyl (C=O) groups is 3. The van der Waals surface area contributed by atoms with Crippen LogP contribution in [0.25, 0.3) is 11.1 Å². The molecule has 2 aromatic heterocycles. The zero-order valence-electron chi connectivity index (χ0n) is 18.5. The van der Waals surface area contributed by atoms with Crippen LogP contribution in [-0.2, 0) is 25.7 Å². The lowest BCUT2D eigenvalue weighted by Crippen LogP contribution is -2.39. The Labute approximate surface area is 193 Å². The molecule has 4 N–H and O–H groups in total. The maximum Gasteiger partial charge on any atom is 0.355 e. The van der Waals surface area contributed by atoms with Gasteiger partial charge in [0.05, 0.1) is 17.7 Å². The van der Waals surface area contributed by atoms with E-state index in [1.807, 2.05) is 6.07 Å². The van der Waals surface area contributed by atoms with Crippen LogP contribution >= 0.6 is 0 Å². The molecular weight excluding hydrogens is 444 g/mol. The van der Waals surface area contributed by atoms with Crippen molar-refractivity contribution in [1.82, 2.24) is 9.97 Å². The fourth-order valence-electron chi connectivity index (χ4n) is 3.58. The van der Waals surface area contributed by atoms with Crippen molar-refractivity contribution in [2.24, 2.45) is 10.8 Å². The molecule has 0 bridgehead atoms. The molecule has 1 aliphatic rings. The number of para-hydroxylation sites is 1. The fraction of sp³-hybridized carbons (Fsp3) is 0.273. The van der Waals surface area contributed by atoms with E-state index in [0.717, 1.165) is 0 Å². The number of hydrazone groups is 1. The lowest BCUT2D eigenvalue weighted by molar-refractivity contribution is -0.137. The highest BCUT2D eigenvalue weighted by Crippen LogP contribution is 2.29. The average molecular weight is 466 g/mol. The number of rotatable bonds is 7. The predicted octanol–water partition coefficient (Wildman–Crippen LogP) is 1.45. The van der Waals surface area contributed by atoms with Crippen molar-refractivity contribution in [3.8, 4) is 0 Å². The van der Waals surface area contributed by atoms with Crippen molar-refractivity contribution in [3.63, 3.8) is 0 Å². The van der Waals surface area contributed by atoms with Crippen LogP contribution in [0, 0.1) is 6.92 Å². The Bertz CT molecular complexity index is 1300. The topological polar surface area (TPSA) is 176 Å². The SMILES string of the molecule is CCOC(=O)c1c(C)oc2nc(COC(=O)C3=NN(c4ccccc4)C(C(N)=O)C3)nc(N)c12. The number of nitrogen functional groups attached to an aromatic ring is 1. The monoisotopic (exact) mass is 466 g/mol. The Morgan fingerprint density at radius 1 is 1.15 bits per heavy atom. The van der Waals surface area contributed by atoms with Gasteiger partial charge in [-0.2, -0.15) is 10.1 Å². The van der Waals surface area contributed by atoms with E-state index in [2.05, 4.69) is 15.1 Å². The summed E-state index contributed by atoms with van der Waals surface area (Å²) >= 11 is 0. The lowest BCUT2D eigenvalue weighted by Gasteiger charge is -2.20. The Kier molecular flexibility index (Phi) is 6.13. The van der Waals surface area contributed by atoms with E-state index in [1.165, 1.54) is 5.01 Å². The minimum absolute atomic E-state index is 0.00856. The number of esters is 2. The first-order chi connectivity index (χ1) is 16.3. The van der Waals surface area contributed by atoms with Gasteiger partial charge in [-0.3, -0.25) is 9.80 Å². The molecular formula is C22H22N6O6. The summed E-state index contributed by atoms with van der Waals surface area (Å²) in [6, 6.07) is 8.05. The highest BCUT2D eigenvalue weighted by atomic mass is 16.5. The number of nitrogens with zero attached hydrogens (tertiary/aromatic N) is 4. The summed E-state index contributed by atoms with van der Waals surface area (Å²) in [6.45, 7) is 3.11. The van der Waals surface area contributed by atoms with Crippen molar-refractivity contribution in [1.29, 1.82) is 0 Å². The van der Waals surface area contributed by atoms with Crippen LogP contribution in [0.5, 0.6) is 0 Å². The van der Waals surface area contributed by atoms with Gasteiger partial charge in [-0.05, 0) is 26.0 Å². The predicted molar refractivity (Wildman–Crippen MR) is 121 cm³/mol. The second-order valence-corrected chi connectivity index (χ2v) is 7.38. The largest absolute Gasteiger partial charge is 0.462 e. The molecule has 0 fully saturated rings. The molecule has 0 saturated heterocycles. The highest BCUT2D eigenvalue weighted by molar-refractivity contribution is 6.38. The first-order valence-corrected chi connectivity index (χ1v) is 10.4. The molecule has 12 heteroatoms. The maximum absolute atomic E-state index is 12.6. The second kappa shape index (κ2) is 9.17. The molecule has 3 heterocycles. The number of aryl methyl sites for hydroxylation is 1. The summed E-state index contributed by atoms with van der Waals surface area (Å²) in [6.07, 6.45) is -0.00856. The van der Waals surface area contributed by atoms with Crippen LogP contribution in [-0.4, -0.2) is 46.2 Å². The number of hydrogen-bond acceptors (Lipinski definition) is 11. The number of benzene rings is 1. The molecule has 12 nitrogen and oxygen atoms in total. The summed E-state index contributed by atoms with van der Waals surface area (Å²) in [5.41, 5.74) is 12.4. The van der Waals surface area contributed by atoms with Crippen molar-refractivity contribution >= 4 is 46.2 Å². The molecule has 0 radical (unpaired) electrons. The molecule has 0 aliphatic carbocycles. The van der Waals surface area contributed by atoms with Gasteiger partial charge < -0.3 is 25.4 Å². The smallest absolute Gasteiger partial charge is 0.355 e. The number of carbonyl (C=O) groups excluding carboxylic acids is 3. The Morgan fingerprint density at radius 3 is 2.56 bits per heavy atom. The molecule has 34 heavy (non-hydrogen) atoms. The third kappa shape index (κ3) is 4.25. The van der Waals surface area contributed by atoms with Crippen LogP contribution in [0.3, 0.4) is 0 Å². The molecule has 1 amide bonds. The van der Waals surface area contributed by atoms with E-state index in [9.17, 15) is 14.4 Å². The van der Waals surface area contributed by atoms with E-state index >= 15 is 0 Å². The van der Waals surface area contributed by atoms with Gasteiger partial charge >= 0.3 is 11.9 Å². The van der Waals surface area contributed by atoms with Crippen LogP contribution < -0.4 is 16.5 Å². The van der Waals surface area contributed by atoms with Gasteiger partial charge in [0.2, 0.25) is 11.6 Å². The Hall–Kier alpha value is -4.48. The third-order valence-corrected chi connectivity index (χ3v) is 5.11. The van der Waals surface area contributed by atoms with Gasteiger partial charge in [-0.1, -0.05) is 18.2 Å². The van der Waals surface area contributed by atoms with E-state index in [4.69, 9.17) is 25.4 Å². The normalized spacial score (nSPS) is 15.3. The van der Waals surface area contributed by atoms with Crippen molar-refractivity contribution in [3.05, 3.63) is 47.5 Å². The van der Waals surface area contributed by atoms with E-state index in [-0.39, 0.29) is 59.4 Å². The molecule has 1 aliphatic heterocycles. The first kappa shape index (κ1) is 22.7. The van der Waals surface area contributed by atoms with Gasteiger partial charge in [0.25, 0.3) is 0 Å². The van der Waals surface area contributed by atoms with E-state index in [0.29, 0.717) is 5.69 Å². The van der Waals surface area contributed by atoms with Gasteiger partial charge in [0, 0.05) is 6.42 Å². The summed E-state index contributed by atoms with van der Waals surface area (Å²) < 4.78 is 15.9. The Morgan fingerprint density at radius 2 is 1.88 bits per heavy atom. The van der Waals surface area contributed by atoms with Crippen LogP contribution in [0.15, 0.2) is 39.9 Å². The van der Waals surface area contributed by atoms with Crippen LogP contribution in [0.2, 0.25) is 0 Å². The minimum Gasteiger partial charge on any atom is -0.462 e. The van der Waals surface area contributed by atoms with E-state index < -0.39 is 23.9 Å². The van der Waals surface area contributed by atoms with Gasteiger partial charge in [0.15, 0.2) is 12.4 Å². The number of aromatic nitrogens is 2. The van der Waals surface area contributed by atoms with Crippen LogP contribution in [0.4, 0.5) is 11.5 Å². The lowest BCUT2D eigenvalue weighted by atomic mass is 10.1. The number of fused-ring (bicyclic) bond motifs is 1. The van der Waals surface area contributed by atoms with E-state index in [1.54, 1.807) is 38.1 Å². The molecule has 1 atom stereocenters. The Balaban J connectivity index is 1.52. The third-order valence-electron chi connectivity index (χ3n) is 5.11. The zero-order chi connectivity index (χ0) is 24.4. The fourth-order valence-corrected chi connectivity index (χ4v) is 3.58. The number of hydrogen-bond donors (Lipinski definition) is 2. The number of nitrogens with two attached hydrogens (primary N) is 2. The van der Waals surface area contributed by atoms with Crippen molar-refractivity contribution < 1.29 is 28.3 Å². The first-order valence-electron chi connectivity index (χ1n) is 10.4. The summed E-state index contributed by atoms with van der Waals surface area (Å²) in [7, 11) is 0. The quantitative estimate of drug-likeness (QED) is 0.484. The van der Waals surface area contributed by atoms with Crippen LogP contribution in [0.1, 0.15) is 35.3 Å². The molecule has 0 saturated carbocycles. The number of amides is 1. The standard InChI is InChI=1S/C22H22N6O6/c1-3-32-22(31)16-11(2)34-20-17(16)18(23)25-15(26-20)10-33-21(30)13-9-14(19(24)29)28(27-13)12-7-5-4-6-8-12/h4-8,14H,3,9-10H2,1-2H3,(H2,24,29)(H2,23,25,26). The average Bonchev–Trinajstić information content (AvgIpc) is 3.40. The van der Waals surface area contributed by atoms with Gasteiger partial charge in [0.1, 0.15) is 28.9 Å². The molecule has 3 aromatic rings. The number of primary amides is 1. The molecule has 1 unspecified atom stereocenters. The van der Waals surface area contributed by atoms with Gasteiger partial charge in [-0.15, -0.1) is 0 Å². The van der Waals surface area contributed by atoms with Crippen molar-refractivity contribution in [2.45, 2.75) is 32.9 Å². The minimum atomic E-state index is -0.819. The molecule has 4 rings (SSSR count). The number of furan rings is 1. The number of ether oxygens (including phenoxy) is 2. The zero-order valence-corrected chi connectivity index (χ0v) is 18.5.